The first-order valence-electron chi connectivity index (χ1n) is 14.5. The molecular weight excluding hydrogens is 490 g/mol. The van der Waals surface area contributed by atoms with E-state index in [2.05, 4.69) is 20.8 Å². The lowest BCUT2D eigenvalue weighted by molar-refractivity contribution is -0.209. The molecule has 4 rings (SSSR count). The average Bonchev–Trinajstić information content (AvgIpc) is 3.21. The molecule has 0 unspecified atom stereocenters. The van der Waals surface area contributed by atoms with E-state index >= 15 is 0 Å². The standard InChI is InChI=1S/C29H47NO8/c1-15(4-8-24(33)34)18-5-6-19-26-20(14-23(32)29(18,19)3)28(2)11-10-17(12-16(28)13-22(26)31)38-25(35)9-7-21(30)27(36)37/h15-23,26,31-32H,4-14,30H2,1-3H3,(H,33,34)(H,36,37)/t15-,16+,17-,18-,19+,20+,21+,22-,23+,26+,28+,29-/m1/s1. The van der Waals surface area contributed by atoms with Crippen molar-refractivity contribution in [2.45, 2.75) is 116 Å². The molecule has 0 spiro atoms. The fraction of sp³-hybridized carbons (Fsp3) is 0.897. The van der Waals surface area contributed by atoms with E-state index in [0.29, 0.717) is 25.7 Å². The van der Waals surface area contributed by atoms with Crippen LogP contribution in [0.4, 0.5) is 0 Å². The van der Waals surface area contributed by atoms with Crippen molar-refractivity contribution in [3.63, 3.8) is 0 Å². The predicted octanol–water partition coefficient (Wildman–Crippen LogP) is 3.19. The van der Waals surface area contributed by atoms with Crippen molar-refractivity contribution in [1.82, 2.24) is 0 Å². The molecule has 0 aliphatic heterocycles. The number of carbonyl (C=O) groups excluding carboxylic acids is 1. The zero-order chi connectivity index (χ0) is 28.0. The van der Waals surface area contributed by atoms with Gasteiger partial charge in [-0.1, -0.05) is 20.8 Å². The molecule has 0 amide bonds. The normalized spacial score (nSPS) is 43.7. The van der Waals surface area contributed by atoms with E-state index in [1.165, 1.54) is 0 Å². The van der Waals surface area contributed by atoms with Crippen LogP contribution < -0.4 is 5.73 Å². The second-order valence-corrected chi connectivity index (χ2v) is 13.4. The Morgan fingerprint density at radius 3 is 2.34 bits per heavy atom. The summed E-state index contributed by atoms with van der Waals surface area (Å²) in [6.45, 7) is 6.59. The minimum Gasteiger partial charge on any atom is -0.481 e. The third-order valence-electron chi connectivity index (χ3n) is 11.6. The number of carboxylic acids is 2. The van der Waals surface area contributed by atoms with Crippen molar-refractivity contribution in [2.24, 2.45) is 52.1 Å². The summed E-state index contributed by atoms with van der Waals surface area (Å²) in [5.74, 6) is -1.23. The summed E-state index contributed by atoms with van der Waals surface area (Å²) in [6, 6.07) is -1.08. The number of hydrogen-bond acceptors (Lipinski definition) is 7. The summed E-state index contributed by atoms with van der Waals surface area (Å²) >= 11 is 0. The van der Waals surface area contributed by atoms with Crippen LogP contribution in [-0.4, -0.2) is 62.7 Å². The van der Waals surface area contributed by atoms with Crippen LogP contribution in [0.25, 0.3) is 0 Å². The average molecular weight is 538 g/mol. The van der Waals surface area contributed by atoms with Crippen molar-refractivity contribution < 1.29 is 39.5 Å². The summed E-state index contributed by atoms with van der Waals surface area (Å²) < 4.78 is 5.71. The van der Waals surface area contributed by atoms with Gasteiger partial charge in [0.25, 0.3) is 0 Å². The molecule has 0 saturated heterocycles. The van der Waals surface area contributed by atoms with Gasteiger partial charge in [0.1, 0.15) is 12.1 Å². The number of carbonyl (C=O) groups is 3. The largest absolute Gasteiger partial charge is 0.481 e. The van der Waals surface area contributed by atoms with E-state index in [-0.39, 0.29) is 71.7 Å². The summed E-state index contributed by atoms with van der Waals surface area (Å²) in [5.41, 5.74) is 5.12. The highest BCUT2D eigenvalue weighted by Gasteiger charge is 2.65. The van der Waals surface area contributed by atoms with Gasteiger partial charge in [-0.3, -0.25) is 14.4 Å². The van der Waals surface area contributed by atoms with Gasteiger partial charge in [-0.15, -0.1) is 0 Å². The number of ether oxygens (including phenoxy) is 1. The van der Waals surface area contributed by atoms with Crippen LogP contribution in [0.3, 0.4) is 0 Å². The van der Waals surface area contributed by atoms with Crippen molar-refractivity contribution in [3.05, 3.63) is 0 Å². The molecule has 0 heterocycles. The quantitative estimate of drug-likeness (QED) is 0.277. The van der Waals surface area contributed by atoms with Crippen LogP contribution in [-0.2, 0) is 19.1 Å². The van der Waals surface area contributed by atoms with Gasteiger partial charge in [0, 0.05) is 12.8 Å². The molecular formula is C29H47NO8. The first-order valence-corrected chi connectivity index (χ1v) is 14.5. The van der Waals surface area contributed by atoms with Gasteiger partial charge < -0.3 is 30.9 Å². The Labute approximate surface area is 225 Å². The minimum atomic E-state index is -1.13. The molecule has 9 heteroatoms. The van der Waals surface area contributed by atoms with Gasteiger partial charge in [0.15, 0.2) is 0 Å². The number of nitrogens with two attached hydrogens (primary N) is 1. The molecule has 0 aromatic rings. The fourth-order valence-electron chi connectivity index (χ4n) is 9.42. The highest BCUT2D eigenvalue weighted by molar-refractivity contribution is 5.75. The van der Waals surface area contributed by atoms with Gasteiger partial charge in [0.05, 0.1) is 12.2 Å². The second-order valence-electron chi connectivity index (χ2n) is 13.4. The SMILES string of the molecule is C[C@H](CCC(=O)O)[C@H]1CC[C@H]2[C@@H]3[C@H](O)C[C@@H]4C[C@H](OC(=O)CC[C@H](N)C(=O)O)CC[C@]4(C)[C@H]3C[C@H](O)[C@]12C. The van der Waals surface area contributed by atoms with Crippen molar-refractivity contribution in [2.75, 3.05) is 0 Å². The molecule has 38 heavy (non-hydrogen) atoms. The van der Waals surface area contributed by atoms with Gasteiger partial charge in [-0.25, -0.2) is 0 Å². The van der Waals surface area contributed by atoms with E-state index in [1.54, 1.807) is 0 Å². The van der Waals surface area contributed by atoms with Crippen LogP contribution in [0.2, 0.25) is 0 Å². The zero-order valence-electron chi connectivity index (χ0n) is 23.1. The van der Waals surface area contributed by atoms with E-state index in [4.69, 9.17) is 15.6 Å². The Balaban J connectivity index is 1.44. The molecule has 4 saturated carbocycles. The lowest BCUT2D eigenvalue weighted by Gasteiger charge is -2.63. The summed E-state index contributed by atoms with van der Waals surface area (Å²) in [5, 5.41) is 41.3. The van der Waals surface area contributed by atoms with Crippen LogP contribution in [0.5, 0.6) is 0 Å². The Bertz CT molecular complexity index is 911. The molecule has 4 fully saturated rings. The van der Waals surface area contributed by atoms with E-state index in [0.717, 1.165) is 25.7 Å². The van der Waals surface area contributed by atoms with Crippen molar-refractivity contribution in [3.8, 4) is 0 Å². The summed E-state index contributed by atoms with van der Waals surface area (Å²) in [7, 11) is 0. The first kappa shape index (κ1) is 29.3. The van der Waals surface area contributed by atoms with Gasteiger partial charge >= 0.3 is 17.9 Å². The maximum atomic E-state index is 12.4. The Morgan fingerprint density at radius 2 is 1.68 bits per heavy atom. The van der Waals surface area contributed by atoms with Crippen LogP contribution in [0.1, 0.15) is 91.4 Å². The molecule has 0 radical (unpaired) electrons. The van der Waals surface area contributed by atoms with Crippen LogP contribution in [0.15, 0.2) is 0 Å². The smallest absolute Gasteiger partial charge is 0.320 e. The summed E-state index contributed by atoms with van der Waals surface area (Å²) in [6.07, 6.45) is 4.96. The Kier molecular flexibility index (Phi) is 8.51. The first-order chi connectivity index (χ1) is 17.8. The number of carboxylic acid groups (broad SMARTS) is 2. The molecule has 9 nitrogen and oxygen atoms in total. The van der Waals surface area contributed by atoms with Crippen LogP contribution in [0, 0.1) is 46.3 Å². The maximum Gasteiger partial charge on any atom is 0.320 e. The van der Waals surface area contributed by atoms with Crippen molar-refractivity contribution in [1.29, 1.82) is 0 Å². The molecule has 12 atom stereocenters. The number of aliphatic hydroxyl groups excluding tert-OH is 2. The number of aliphatic hydroxyl groups is 2. The topological polar surface area (TPSA) is 167 Å². The predicted molar refractivity (Wildman–Crippen MR) is 139 cm³/mol. The number of esters is 1. The Hall–Kier alpha value is -1.71. The van der Waals surface area contributed by atoms with Gasteiger partial charge in [-0.05, 0) is 104 Å². The number of rotatable bonds is 9. The third-order valence-corrected chi connectivity index (χ3v) is 11.6. The van der Waals surface area contributed by atoms with E-state index in [9.17, 15) is 29.7 Å². The van der Waals surface area contributed by atoms with Gasteiger partial charge in [0.2, 0.25) is 0 Å². The van der Waals surface area contributed by atoms with Gasteiger partial charge in [-0.2, -0.15) is 0 Å². The maximum absolute atomic E-state index is 12.4. The molecule has 6 N–H and O–H groups in total. The van der Waals surface area contributed by atoms with E-state index in [1.807, 2.05) is 0 Å². The number of aliphatic carboxylic acids is 2. The number of hydrogen-bond donors (Lipinski definition) is 5. The molecule has 0 bridgehead atoms. The highest BCUT2D eigenvalue weighted by atomic mass is 16.5. The molecule has 4 aliphatic carbocycles. The number of fused-ring (bicyclic) bond motifs is 5. The fourth-order valence-corrected chi connectivity index (χ4v) is 9.42. The Morgan fingerprint density at radius 1 is 0.974 bits per heavy atom. The zero-order valence-corrected chi connectivity index (χ0v) is 23.1. The molecule has 0 aromatic carbocycles. The highest BCUT2D eigenvalue weighted by Crippen LogP contribution is 2.68. The molecule has 0 aromatic heterocycles. The van der Waals surface area contributed by atoms with E-state index < -0.39 is 36.2 Å². The lowest BCUT2D eigenvalue weighted by Crippen LogP contribution is -2.62. The van der Waals surface area contributed by atoms with Crippen LogP contribution >= 0.6 is 0 Å². The lowest BCUT2D eigenvalue weighted by atomic mass is 9.43. The van der Waals surface area contributed by atoms with Crippen molar-refractivity contribution >= 4 is 17.9 Å². The summed E-state index contributed by atoms with van der Waals surface area (Å²) in [4.78, 5) is 34.5. The third kappa shape index (κ3) is 5.22. The molecule has 4 aliphatic rings. The second kappa shape index (κ2) is 11.0. The molecule has 216 valence electrons. The minimum absolute atomic E-state index is 0.0300. The monoisotopic (exact) mass is 537 g/mol.